The van der Waals surface area contributed by atoms with Crippen LogP contribution in [0.4, 0.5) is 5.69 Å². The van der Waals surface area contributed by atoms with Crippen LogP contribution in [0.1, 0.15) is 49.3 Å². The van der Waals surface area contributed by atoms with Gasteiger partial charge in [0.2, 0.25) is 5.91 Å². The molecule has 3 nitrogen and oxygen atoms in total. The number of benzene rings is 2. The first-order valence-electron chi connectivity index (χ1n) is 10.2. The molecule has 0 aromatic heterocycles. The molecule has 0 atom stereocenters. The molecule has 0 N–H and O–H groups in total. The highest BCUT2D eigenvalue weighted by atomic mass is 16.2. The second-order valence-electron chi connectivity index (χ2n) is 7.85. The summed E-state index contributed by atoms with van der Waals surface area (Å²) >= 11 is 0. The van der Waals surface area contributed by atoms with Crippen molar-refractivity contribution in [1.29, 1.82) is 0 Å². The smallest absolute Gasteiger partial charge is 0.227 e. The maximum Gasteiger partial charge on any atom is 0.227 e. The highest BCUT2D eigenvalue weighted by Crippen LogP contribution is 2.26. The molecular weight excluding hydrogens is 332 g/mol. The molecule has 2 aromatic carbocycles. The Hall–Kier alpha value is -2.13. The van der Waals surface area contributed by atoms with Gasteiger partial charge in [-0.05, 0) is 56.4 Å². The largest absolute Gasteiger partial charge is 0.309 e. The highest BCUT2D eigenvalue weighted by Gasteiger charge is 2.28. The third kappa shape index (κ3) is 5.20. The maximum absolute atomic E-state index is 12.9. The highest BCUT2D eigenvalue weighted by molar-refractivity contribution is 5.94. The van der Waals surface area contributed by atoms with Crippen LogP contribution >= 0.6 is 0 Å². The van der Waals surface area contributed by atoms with Crippen LogP contribution in [0.5, 0.6) is 0 Å². The average molecular weight is 365 g/mol. The van der Waals surface area contributed by atoms with E-state index in [1.807, 2.05) is 0 Å². The Labute approximate surface area is 164 Å². The van der Waals surface area contributed by atoms with Gasteiger partial charge in [-0.25, -0.2) is 0 Å². The van der Waals surface area contributed by atoms with E-state index >= 15 is 0 Å². The molecule has 27 heavy (non-hydrogen) atoms. The lowest BCUT2D eigenvalue weighted by atomic mass is 10.00. The number of nitrogens with zero attached hydrogens (tertiary/aromatic N) is 2. The zero-order chi connectivity index (χ0) is 19.2. The van der Waals surface area contributed by atoms with Crippen LogP contribution in [0, 0.1) is 13.8 Å². The van der Waals surface area contributed by atoms with Gasteiger partial charge in [0, 0.05) is 37.8 Å². The van der Waals surface area contributed by atoms with Gasteiger partial charge in [0.25, 0.3) is 0 Å². The molecule has 1 heterocycles. The first kappa shape index (κ1) is 19.6. The summed E-state index contributed by atoms with van der Waals surface area (Å²) in [6, 6.07) is 17.5. The minimum atomic E-state index is 0.264. The number of aryl methyl sites for hydroxylation is 2. The first-order valence-corrected chi connectivity index (χ1v) is 10.2. The fourth-order valence-electron chi connectivity index (χ4n) is 3.96. The fourth-order valence-corrected chi connectivity index (χ4v) is 3.96. The van der Waals surface area contributed by atoms with Crippen LogP contribution in [-0.2, 0) is 11.3 Å². The van der Waals surface area contributed by atoms with Crippen molar-refractivity contribution in [3.63, 3.8) is 0 Å². The van der Waals surface area contributed by atoms with Gasteiger partial charge in [0.1, 0.15) is 0 Å². The van der Waals surface area contributed by atoms with E-state index < -0.39 is 0 Å². The van der Waals surface area contributed by atoms with Gasteiger partial charge in [0.05, 0.1) is 0 Å². The maximum atomic E-state index is 12.9. The Kier molecular flexibility index (Phi) is 6.68. The molecule has 1 fully saturated rings. The summed E-state index contributed by atoms with van der Waals surface area (Å²) in [7, 11) is 0. The van der Waals surface area contributed by atoms with E-state index in [0.29, 0.717) is 12.5 Å². The van der Waals surface area contributed by atoms with Gasteiger partial charge in [-0.1, -0.05) is 48.9 Å². The topological polar surface area (TPSA) is 23.6 Å². The van der Waals surface area contributed by atoms with Crippen molar-refractivity contribution in [3.05, 3.63) is 65.2 Å². The Morgan fingerprint density at radius 1 is 1.04 bits per heavy atom. The number of anilines is 1. The van der Waals surface area contributed by atoms with Crippen LogP contribution in [0.2, 0.25) is 0 Å². The van der Waals surface area contributed by atoms with Crippen molar-refractivity contribution in [1.82, 2.24) is 4.90 Å². The Balaban J connectivity index is 1.66. The van der Waals surface area contributed by atoms with E-state index in [9.17, 15) is 4.79 Å². The minimum Gasteiger partial charge on any atom is -0.309 e. The molecule has 0 bridgehead atoms. The van der Waals surface area contributed by atoms with Crippen LogP contribution < -0.4 is 4.90 Å². The number of piperidine rings is 1. The number of hydrogen-bond acceptors (Lipinski definition) is 2. The van der Waals surface area contributed by atoms with Gasteiger partial charge < -0.3 is 4.90 Å². The van der Waals surface area contributed by atoms with Gasteiger partial charge in [-0.2, -0.15) is 0 Å². The monoisotopic (exact) mass is 364 g/mol. The zero-order valence-electron chi connectivity index (χ0n) is 16.9. The molecule has 2 aromatic rings. The van der Waals surface area contributed by atoms with E-state index in [1.54, 1.807) is 0 Å². The lowest BCUT2D eigenvalue weighted by Crippen LogP contribution is -2.47. The normalized spacial score (nSPS) is 15.7. The van der Waals surface area contributed by atoms with Crippen LogP contribution in [-0.4, -0.2) is 29.9 Å². The third-order valence-electron chi connectivity index (χ3n) is 5.46. The molecule has 0 spiro atoms. The standard InChI is InChI=1S/C24H32N2O/c1-4-6-24(27)26(23-8-5-7-20(3)17-23)22-13-15-25(16-14-22)18-21-11-9-19(2)10-12-21/h5,7-12,17,22H,4,6,13-16,18H2,1-3H3. The molecule has 3 heteroatoms. The molecule has 0 unspecified atom stereocenters. The summed E-state index contributed by atoms with van der Waals surface area (Å²) in [5, 5.41) is 0. The lowest BCUT2D eigenvalue weighted by Gasteiger charge is -2.39. The number of amides is 1. The van der Waals surface area contributed by atoms with Crippen LogP contribution in [0.15, 0.2) is 48.5 Å². The molecule has 1 amide bonds. The summed E-state index contributed by atoms with van der Waals surface area (Å²) in [5.41, 5.74) is 4.95. The quantitative estimate of drug-likeness (QED) is 0.712. The fraction of sp³-hybridized carbons (Fsp3) is 0.458. The first-order chi connectivity index (χ1) is 13.1. The Morgan fingerprint density at radius 2 is 1.74 bits per heavy atom. The SMILES string of the molecule is CCCC(=O)N(c1cccc(C)c1)C1CCN(Cc2ccc(C)cc2)CC1. The second-order valence-corrected chi connectivity index (χ2v) is 7.85. The van der Waals surface area contributed by atoms with Crippen molar-refractivity contribution in [2.45, 2.75) is 59.0 Å². The number of carbonyl (C=O) groups is 1. The summed E-state index contributed by atoms with van der Waals surface area (Å²) < 4.78 is 0. The number of likely N-dealkylation sites (tertiary alicyclic amines) is 1. The zero-order valence-corrected chi connectivity index (χ0v) is 16.9. The number of hydrogen-bond donors (Lipinski definition) is 0. The molecule has 0 radical (unpaired) electrons. The molecule has 1 aliphatic heterocycles. The summed E-state index contributed by atoms with van der Waals surface area (Å²) in [4.78, 5) is 17.5. The second kappa shape index (κ2) is 9.18. The van der Waals surface area contributed by atoms with Crippen molar-refractivity contribution in [2.75, 3.05) is 18.0 Å². The van der Waals surface area contributed by atoms with Crippen LogP contribution in [0.3, 0.4) is 0 Å². The Bertz CT molecular complexity index is 745. The lowest BCUT2D eigenvalue weighted by molar-refractivity contribution is -0.119. The van der Waals surface area contributed by atoms with Crippen molar-refractivity contribution < 1.29 is 4.79 Å². The summed E-state index contributed by atoms with van der Waals surface area (Å²) in [6.07, 6.45) is 3.59. The molecule has 0 saturated carbocycles. The molecule has 144 valence electrons. The number of carbonyl (C=O) groups excluding carboxylic acids is 1. The molecular formula is C24H32N2O. The van der Waals surface area contributed by atoms with Crippen LogP contribution in [0.25, 0.3) is 0 Å². The van der Waals surface area contributed by atoms with Gasteiger partial charge >= 0.3 is 0 Å². The van der Waals surface area contributed by atoms with E-state index in [4.69, 9.17) is 0 Å². The van der Waals surface area contributed by atoms with Crippen molar-refractivity contribution in [2.24, 2.45) is 0 Å². The minimum absolute atomic E-state index is 0.264. The van der Waals surface area contributed by atoms with Gasteiger partial charge in [0.15, 0.2) is 0 Å². The third-order valence-corrected chi connectivity index (χ3v) is 5.46. The van der Waals surface area contributed by atoms with E-state index in [2.05, 4.69) is 79.1 Å². The summed E-state index contributed by atoms with van der Waals surface area (Å²) in [6.45, 7) is 9.38. The van der Waals surface area contributed by atoms with Crippen molar-refractivity contribution in [3.8, 4) is 0 Å². The Morgan fingerprint density at radius 3 is 2.37 bits per heavy atom. The molecule has 3 rings (SSSR count). The van der Waals surface area contributed by atoms with E-state index in [1.165, 1.54) is 16.7 Å². The molecule has 1 aliphatic rings. The number of rotatable bonds is 6. The molecule has 0 aliphatic carbocycles. The van der Waals surface area contributed by atoms with Gasteiger partial charge in [-0.15, -0.1) is 0 Å². The van der Waals surface area contributed by atoms with Crippen molar-refractivity contribution >= 4 is 11.6 Å². The van der Waals surface area contributed by atoms with Gasteiger partial charge in [-0.3, -0.25) is 9.69 Å². The predicted molar refractivity (Wildman–Crippen MR) is 113 cm³/mol. The van der Waals surface area contributed by atoms with E-state index in [0.717, 1.165) is 44.6 Å². The average Bonchev–Trinajstić information content (AvgIpc) is 2.66. The molecule has 1 saturated heterocycles. The summed E-state index contributed by atoms with van der Waals surface area (Å²) in [5.74, 6) is 0.264. The van der Waals surface area contributed by atoms with E-state index in [-0.39, 0.29) is 5.91 Å². The predicted octanol–water partition coefficient (Wildman–Crippen LogP) is 5.10.